The van der Waals surface area contributed by atoms with Crippen LogP contribution in [0.1, 0.15) is 15.9 Å². The quantitative estimate of drug-likeness (QED) is 0.583. The first-order chi connectivity index (χ1) is 14.0. The highest BCUT2D eigenvalue weighted by molar-refractivity contribution is 5.89. The van der Waals surface area contributed by atoms with Crippen LogP contribution in [0.5, 0.6) is 5.75 Å². The lowest BCUT2D eigenvalue weighted by atomic mass is 9.99. The first-order valence-electron chi connectivity index (χ1n) is 9.16. The number of hydrogen-bond donors (Lipinski definition) is 3. The van der Waals surface area contributed by atoms with Crippen LogP contribution in [0.2, 0.25) is 0 Å². The van der Waals surface area contributed by atoms with E-state index in [1.807, 2.05) is 30.3 Å². The van der Waals surface area contributed by atoms with E-state index in [1.165, 1.54) is 7.11 Å². The maximum atomic E-state index is 12.2. The molecule has 29 heavy (non-hydrogen) atoms. The molecule has 0 saturated carbocycles. The smallest absolute Gasteiger partial charge is 0.338 e. The molecule has 156 valence electrons. The molecule has 0 spiro atoms. The van der Waals surface area contributed by atoms with Gasteiger partial charge < -0.3 is 34.3 Å². The first-order valence-corrected chi connectivity index (χ1v) is 9.16. The first kappa shape index (κ1) is 21.2. The molecule has 0 aromatic heterocycles. The predicted octanol–water partition coefficient (Wildman–Crippen LogP) is 0.876. The molecule has 2 aromatic carbocycles. The summed E-state index contributed by atoms with van der Waals surface area (Å²) < 4.78 is 20.9. The van der Waals surface area contributed by atoms with Gasteiger partial charge in [-0.15, -0.1) is 0 Å². The number of benzene rings is 2. The van der Waals surface area contributed by atoms with E-state index in [-0.39, 0.29) is 6.61 Å². The summed E-state index contributed by atoms with van der Waals surface area (Å²) in [5, 5.41) is 29.8. The third-order valence-electron chi connectivity index (χ3n) is 4.65. The molecule has 8 heteroatoms. The highest BCUT2D eigenvalue weighted by Gasteiger charge is 2.44. The minimum atomic E-state index is -1.44. The molecule has 1 aliphatic heterocycles. The maximum Gasteiger partial charge on any atom is 0.338 e. The third-order valence-corrected chi connectivity index (χ3v) is 4.65. The zero-order valence-electron chi connectivity index (χ0n) is 15.9. The summed E-state index contributed by atoms with van der Waals surface area (Å²) in [6, 6.07) is 16.1. The fraction of sp³-hybridized carbons (Fsp3) is 0.381. The van der Waals surface area contributed by atoms with Crippen LogP contribution in [0, 0.1) is 0 Å². The molecule has 8 nitrogen and oxygen atoms in total. The van der Waals surface area contributed by atoms with E-state index in [1.54, 1.807) is 24.3 Å². The SMILES string of the molecule is CO[C@@H]1[C@@H](O)[C@@H](O)[C@@H](COC(=O)c2ccc(OCc3ccccc3)cc2)O[C@H]1O. The van der Waals surface area contributed by atoms with Crippen LogP contribution in [0.3, 0.4) is 0 Å². The number of carbonyl (C=O) groups excluding carboxylic acids is 1. The Morgan fingerprint density at radius 3 is 2.34 bits per heavy atom. The molecule has 2 aromatic rings. The molecule has 3 N–H and O–H groups in total. The van der Waals surface area contributed by atoms with Crippen LogP contribution < -0.4 is 4.74 Å². The molecule has 1 aliphatic rings. The van der Waals surface area contributed by atoms with E-state index < -0.39 is 36.7 Å². The van der Waals surface area contributed by atoms with Gasteiger partial charge in [-0.1, -0.05) is 30.3 Å². The number of esters is 1. The summed E-state index contributed by atoms with van der Waals surface area (Å²) in [4.78, 5) is 12.2. The van der Waals surface area contributed by atoms with Crippen molar-refractivity contribution in [1.82, 2.24) is 0 Å². The summed E-state index contributed by atoms with van der Waals surface area (Å²) in [7, 11) is 1.28. The van der Waals surface area contributed by atoms with E-state index in [0.29, 0.717) is 17.9 Å². The van der Waals surface area contributed by atoms with E-state index in [0.717, 1.165) is 5.56 Å². The van der Waals surface area contributed by atoms with Crippen molar-refractivity contribution in [3.8, 4) is 5.75 Å². The van der Waals surface area contributed by atoms with E-state index in [2.05, 4.69) is 0 Å². The molecule has 3 rings (SSSR count). The lowest BCUT2D eigenvalue weighted by Crippen LogP contribution is -2.59. The Kier molecular flexibility index (Phi) is 7.18. The topological polar surface area (TPSA) is 115 Å². The van der Waals surface area contributed by atoms with Gasteiger partial charge in [-0.05, 0) is 29.8 Å². The normalized spacial score (nSPS) is 26.7. The van der Waals surface area contributed by atoms with Gasteiger partial charge in [-0.3, -0.25) is 0 Å². The molecule has 5 atom stereocenters. The summed E-state index contributed by atoms with van der Waals surface area (Å²) in [6.07, 6.45) is -6.34. The average Bonchev–Trinajstić information content (AvgIpc) is 2.75. The Balaban J connectivity index is 1.50. The molecular formula is C21H24O8. The maximum absolute atomic E-state index is 12.2. The van der Waals surface area contributed by atoms with Gasteiger partial charge in [0.15, 0.2) is 6.29 Å². The average molecular weight is 404 g/mol. The molecule has 0 amide bonds. The van der Waals surface area contributed by atoms with Crippen LogP contribution in [-0.2, 0) is 20.8 Å². The fourth-order valence-electron chi connectivity index (χ4n) is 2.98. The molecule has 0 unspecified atom stereocenters. The van der Waals surface area contributed by atoms with Crippen molar-refractivity contribution in [2.45, 2.75) is 37.3 Å². The summed E-state index contributed by atoms with van der Waals surface area (Å²) >= 11 is 0. The molecule has 1 fully saturated rings. The van der Waals surface area contributed by atoms with Crippen molar-refractivity contribution < 1.29 is 39.1 Å². The largest absolute Gasteiger partial charge is 0.489 e. The zero-order chi connectivity index (χ0) is 20.8. The van der Waals surface area contributed by atoms with Gasteiger partial charge in [0.05, 0.1) is 5.56 Å². The molecule has 0 aliphatic carbocycles. The van der Waals surface area contributed by atoms with Crippen LogP contribution >= 0.6 is 0 Å². The van der Waals surface area contributed by atoms with Gasteiger partial charge in [-0.2, -0.15) is 0 Å². The van der Waals surface area contributed by atoms with Crippen molar-refractivity contribution >= 4 is 5.97 Å². The molecular weight excluding hydrogens is 380 g/mol. The van der Waals surface area contributed by atoms with Crippen molar-refractivity contribution in [1.29, 1.82) is 0 Å². The number of aliphatic hydroxyl groups excluding tert-OH is 3. The highest BCUT2D eigenvalue weighted by atomic mass is 16.7. The number of ether oxygens (including phenoxy) is 4. The zero-order valence-corrected chi connectivity index (χ0v) is 15.9. The van der Waals surface area contributed by atoms with Gasteiger partial charge in [0.25, 0.3) is 0 Å². The third kappa shape index (κ3) is 5.31. The molecule has 1 heterocycles. The number of methoxy groups -OCH3 is 1. The molecule has 1 saturated heterocycles. The van der Waals surface area contributed by atoms with Crippen molar-refractivity contribution in [3.05, 3.63) is 65.7 Å². The van der Waals surface area contributed by atoms with E-state index in [4.69, 9.17) is 18.9 Å². The van der Waals surface area contributed by atoms with Gasteiger partial charge in [0.1, 0.15) is 43.4 Å². The predicted molar refractivity (Wildman–Crippen MR) is 101 cm³/mol. The second-order valence-electron chi connectivity index (χ2n) is 6.64. The second kappa shape index (κ2) is 9.82. The fourth-order valence-corrected chi connectivity index (χ4v) is 2.98. The van der Waals surface area contributed by atoms with E-state index >= 15 is 0 Å². The van der Waals surface area contributed by atoms with Crippen LogP contribution in [0.15, 0.2) is 54.6 Å². The van der Waals surface area contributed by atoms with Crippen molar-refractivity contribution in [2.75, 3.05) is 13.7 Å². The van der Waals surface area contributed by atoms with Gasteiger partial charge in [0.2, 0.25) is 0 Å². The summed E-state index contributed by atoms with van der Waals surface area (Å²) in [6.45, 7) is 0.0749. The van der Waals surface area contributed by atoms with E-state index in [9.17, 15) is 20.1 Å². The Labute approximate surface area is 168 Å². The Bertz CT molecular complexity index is 779. The highest BCUT2D eigenvalue weighted by Crippen LogP contribution is 2.22. The Morgan fingerprint density at radius 2 is 1.69 bits per heavy atom. The number of rotatable bonds is 7. The summed E-state index contributed by atoms with van der Waals surface area (Å²) in [5.74, 6) is -0.0263. The number of carbonyl (C=O) groups is 1. The lowest BCUT2D eigenvalue weighted by molar-refractivity contribution is -0.291. The van der Waals surface area contributed by atoms with Crippen LogP contribution in [-0.4, -0.2) is 65.7 Å². The minimum absolute atomic E-state index is 0.290. The monoisotopic (exact) mass is 404 g/mol. The second-order valence-corrected chi connectivity index (χ2v) is 6.64. The van der Waals surface area contributed by atoms with Gasteiger partial charge in [-0.25, -0.2) is 4.79 Å². The Hall–Kier alpha value is -2.49. The molecule has 0 bridgehead atoms. The lowest BCUT2D eigenvalue weighted by Gasteiger charge is -2.39. The number of aliphatic hydroxyl groups is 3. The van der Waals surface area contributed by atoms with Gasteiger partial charge >= 0.3 is 5.97 Å². The Morgan fingerprint density at radius 1 is 1.00 bits per heavy atom. The summed E-state index contributed by atoms with van der Waals surface area (Å²) in [5.41, 5.74) is 1.32. The minimum Gasteiger partial charge on any atom is -0.489 e. The van der Waals surface area contributed by atoms with Crippen LogP contribution in [0.25, 0.3) is 0 Å². The van der Waals surface area contributed by atoms with Crippen molar-refractivity contribution in [3.63, 3.8) is 0 Å². The van der Waals surface area contributed by atoms with Gasteiger partial charge in [0, 0.05) is 7.11 Å². The molecule has 0 radical (unpaired) electrons. The number of hydrogen-bond acceptors (Lipinski definition) is 8. The van der Waals surface area contributed by atoms with Crippen molar-refractivity contribution in [2.24, 2.45) is 0 Å². The van der Waals surface area contributed by atoms with Crippen LogP contribution in [0.4, 0.5) is 0 Å². The standard InChI is InChI=1S/C21H24O8/c1-26-19-18(23)17(22)16(29-21(19)25)12-28-20(24)14-7-9-15(10-8-14)27-11-13-5-3-2-4-6-13/h2-10,16-19,21-23,25H,11-12H2,1H3/t16-,17+,18+,19-,21-/m1/s1.